The maximum Gasteiger partial charge on any atom is 0.174 e. The third-order valence-corrected chi connectivity index (χ3v) is 5.89. The molecule has 0 saturated heterocycles. The zero-order valence-electron chi connectivity index (χ0n) is 20.6. The number of ether oxygens (including phenoxy) is 1. The van der Waals surface area contributed by atoms with E-state index in [2.05, 4.69) is 12.2 Å². The van der Waals surface area contributed by atoms with Crippen molar-refractivity contribution in [1.82, 2.24) is 0 Å². The predicted molar refractivity (Wildman–Crippen MR) is 119 cm³/mol. The number of carbonyl (C=O) groups is 1. The standard InChI is InChI=1S/C26H30O4/c1-16(2)10-12-20-17(3)11-13-21(18-8-6-5-7-9-18)24(20)26(29)25-22(27)14-19(30-4)15-23(25)28/h5-11,14-15,20-21,24,27-28H,12-13H2,1-4H3/t20-,21+,24-/m1/s1/i4D3. The van der Waals surface area contributed by atoms with Crippen LogP contribution in [0.3, 0.4) is 0 Å². The van der Waals surface area contributed by atoms with E-state index < -0.39 is 24.5 Å². The van der Waals surface area contributed by atoms with Crippen molar-refractivity contribution >= 4 is 5.78 Å². The average molecular weight is 410 g/mol. The van der Waals surface area contributed by atoms with Gasteiger partial charge in [0, 0.05) is 18.1 Å². The fraction of sp³-hybridized carbons (Fsp3) is 0.346. The minimum atomic E-state index is -2.75. The molecule has 2 N–H and O–H groups in total. The Kier molecular flexibility index (Phi) is 5.47. The maximum atomic E-state index is 13.9. The van der Waals surface area contributed by atoms with E-state index in [1.54, 1.807) is 0 Å². The molecule has 0 heterocycles. The Balaban J connectivity index is 2.08. The van der Waals surface area contributed by atoms with Crippen molar-refractivity contribution in [2.75, 3.05) is 7.04 Å². The van der Waals surface area contributed by atoms with Gasteiger partial charge in [-0.05, 0) is 51.0 Å². The number of hydrogen-bond acceptors (Lipinski definition) is 4. The van der Waals surface area contributed by atoms with Gasteiger partial charge in [0.1, 0.15) is 22.8 Å². The van der Waals surface area contributed by atoms with Crippen LogP contribution in [0.1, 0.15) is 59.6 Å². The first-order valence-corrected chi connectivity index (χ1v) is 10.1. The van der Waals surface area contributed by atoms with E-state index in [0.717, 1.165) is 28.8 Å². The maximum absolute atomic E-state index is 13.9. The van der Waals surface area contributed by atoms with E-state index in [1.807, 2.05) is 51.1 Å². The van der Waals surface area contributed by atoms with Crippen LogP contribution in [-0.4, -0.2) is 23.0 Å². The number of benzene rings is 2. The fourth-order valence-corrected chi connectivity index (χ4v) is 4.34. The van der Waals surface area contributed by atoms with E-state index >= 15 is 0 Å². The van der Waals surface area contributed by atoms with Crippen molar-refractivity contribution in [2.45, 2.75) is 39.5 Å². The summed E-state index contributed by atoms with van der Waals surface area (Å²) in [5, 5.41) is 21.3. The molecule has 3 atom stereocenters. The van der Waals surface area contributed by atoms with E-state index in [4.69, 9.17) is 8.85 Å². The van der Waals surface area contributed by atoms with Gasteiger partial charge in [-0.15, -0.1) is 0 Å². The first-order valence-electron chi connectivity index (χ1n) is 11.6. The van der Waals surface area contributed by atoms with Crippen LogP contribution in [0.25, 0.3) is 0 Å². The number of phenols is 2. The van der Waals surface area contributed by atoms with Gasteiger partial charge in [-0.25, -0.2) is 0 Å². The number of hydrogen-bond donors (Lipinski definition) is 2. The smallest absolute Gasteiger partial charge is 0.174 e. The third-order valence-electron chi connectivity index (χ3n) is 5.89. The molecule has 0 fully saturated rings. The molecule has 158 valence electrons. The molecule has 3 rings (SSSR count). The lowest BCUT2D eigenvalue weighted by molar-refractivity contribution is 0.0844. The van der Waals surface area contributed by atoms with Crippen LogP contribution in [0, 0.1) is 11.8 Å². The number of phenolic OH excluding ortho intramolecular Hbond substituents is 2. The molecule has 2 aromatic rings. The molecule has 30 heavy (non-hydrogen) atoms. The molecule has 0 amide bonds. The van der Waals surface area contributed by atoms with Gasteiger partial charge in [-0.3, -0.25) is 4.79 Å². The normalized spacial score (nSPS) is 22.8. The zero-order chi connectivity index (χ0) is 24.3. The Labute approximate surface area is 182 Å². The predicted octanol–water partition coefficient (Wildman–Crippen LogP) is 6.01. The van der Waals surface area contributed by atoms with E-state index in [1.165, 1.54) is 0 Å². The van der Waals surface area contributed by atoms with Crippen LogP contribution in [0.2, 0.25) is 0 Å². The minimum absolute atomic E-state index is 0.108. The molecule has 2 aromatic carbocycles. The highest BCUT2D eigenvalue weighted by Gasteiger charge is 2.40. The number of Topliss-reactive ketones (excluding diaryl/α,β-unsaturated/α-hetero) is 1. The highest BCUT2D eigenvalue weighted by Crippen LogP contribution is 2.47. The van der Waals surface area contributed by atoms with Crippen molar-refractivity contribution < 1.29 is 23.9 Å². The topological polar surface area (TPSA) is 66.8 Å². The molecule has 0 spiro atoms. The Bertz CT molecular complexity index is 1040. The number of ketones is 1. The summed E-state index contributed by atoms with van der Waals surface area (Å²) in [6.07, 6.45) is 5.59. The summed E-state index contributed by atoms with van der Waals surface area (Å²) in [6.45, 7) is 6.03. The fourth-order valence-electron chi connectivity index (χ4n) is 4.34. The van der Waals surface area contributed by atoms with E-state index in [9.17, 15) is 15.0 Å². The number of rotatable bonds is 6. The molecule has 4 heteroatoms. The van der Waals surface area contributed by atoms with Gasteiger partial charge in [0.2, 0.25) is 0 Å². The zero-order valence-corrected chi connectivity index (χ0v) is 17.6. The summed E-state index contributed by atoms with van der Waals surface area (Å²) in [5.41, 5.74) is 3.05. The molecule has 4 nitrogen and oxygen atoms in total. The molecule has 0 saturated carbocycles. The lowest BCUT2D eigenvalue weighted by Crippen LogP contribution is -2.33. The number of aromatic hydroxyl groups is 2. The molecule has 1 aliphatic carbocycles. The van der Waals surface area contributed by atoms with Gasteiger partial charge in [0.15, 0.2) is 5.78 Å². The lowest BCUT2D eigenvalue weighted by Gasteiger charge is -2.37. The summed E-state index contributed by atoms with van der Waals surface area (Å²) in [4.78, 5) is 13.9. The first-order chi connectivity index (χ1) is 15.5. The summed E-state index contributed by atoms with van der Waals surface area (Å²) >= 11 is 0. The minimum Gasteiger partial charge on any atom is -0.507 e. The summed E-state index contributed by atoms with van der Waals surface area (Å²) < 4.78 is 26.5. The Morgan fingerprint density at radius 1 is 1.20 bits per heavy atom. The van der Waals surface area contributed by atoms with Gasteiger partial charge in [0.05, 0.1) is 11.2 Å². The van der Waals surface area contributed by atoms with Crippen molar-refractivity contribution in [1.29, 1.82) is 0 Å². The number of carbonyl (C=O) groups excluding carboxylic acids is 1. The molecule has 0 bridgehead atoms. The molecule has 0 aromatic heterocycles. The molecular formula is C26H30O4. The summed E-state index contributed by atoms with van der Waals surface area (Å²) in [6, 6.07) is 11.9. The van der Waals surface area contributed by atoms with E-state index in [-0.39, 0.29) is 28.9 Å². The number of methoxy groups -OCH3 is 1. The highest BCUT2D eigenvalue weighted by atomic mass is 16.5. The van der Waals surface area contributed by atoms with Crippen molar-refractivity contribution in [3.05, 3.63) is 76.9 Å². The third kappa shape index (κ3) is 4.43. The first kappa shape index (κ1) is 17.8. The summed E-state index contributed by atoms with van der Waals surface area (Å²) in [7, 11) is -2.75. The van der Waals surface area contributed by atoms with Gasteiger partial charge in [0.25, 0.3) is 0 Å². The van der Waals surface area contributed by atoms with Gasteiger partial charge >= 0.3 is 0 Å². The van der Waals surface area contributed by atoms with Crippen LogP contribution >= 0.6 is 0 Å². The Morgan fingerprint density at radius 3 is 2.47 bits per heavy atom. The second-order valence-electron chi connectivity index (χ2n) is 8.15. The van der Waals surface area contributed by atoms with Crippen LogP contribution in [0.4, 0.5) is 0 Å². The van der Waals surface area contributed by atoms with E-state index in [0.29, 0.717) is 12.8 Å². The highest BCUT2D eigenvalue weighted by molar-refractivity contribution is 6.03. The van der Waals surface area contributed by atoms with Crippen molar-refractivity contribution in [2.24, 2.45) is 11.8 Å². The molecule has 0 radical (unpaired) electrons. The molecule has 0 unspecified atom stereocenters. The lowest BCUT2D eigenvalue weighted by atomic mass is 9.65. The van der Waals surface area contributed by atoms with Crippen LogP contribution < -0.4 is 4.74 Å². The second-order valence-corrected chi connectivity index (χ2v) is 8.15. The molecule has 1 aliphatic rings. The summed E-state index contributed by atoms with van der Waals surface area (Å²) in [5.74, 6) is -2.36. The van der Waals surface area contributed by atoms with Gasteiger partial charge < -0.3 is 14.9 Å². The molecular weight excluding hydrogens is 376 g/mol. The van der Waals surface area contributed by atoms with Crippen LogP contribution in [0.5, 0.6) is 17.2 Å². The SMILES string of the molecule is [2H]C([2H])([2H])Oc1cc(O)c(C(=O)[C@@H]2[C@H](CC=C(C)C)C(C)=CC[C@H]2c2ccccc2)c(O)c1. The second kappa shape index (κ2) is 9.21. The average Bonchev–Trinajstić information content (AvgIpc) is 2.71. The van der Waals surface area contributed by atoms with Gasteiger partial charge in [-0.2, -0.15) is 0 Å². The Hall–Kier alpha value is -3.01. The molecule has 0 aliphatic heterocycles. The van der Waals surface area contributed by atoms with Crippen LogP contribution in [-0.2, 0) is 0 Å². The van der Waals surface area contributed by atoms with Crippen molar-refractivity contribution in [3.63, 3.8) is 0 Å². The largest absolute Gasteiger partial charge is 0.507 e. The van der Waals surface area contributed by atoms with Crippen LogP contribution in [0.15, 0.2) is 65.8 Å². The monoisotopic (exact) mass is 409 g/mol. The van der Waals surface area contributed by atoms with Crippen molar-refractivity contribution in [3.8, 4) is 17.2 Å². The number of allylic oxidation sites excluding steroid dienone is 4. The Morgan fingerprint density at radius 2 is 1.87 bits per heavy atom. The van der Waals surface area contributed by atoms with Gasteiger partial charge in [-0.1, -0.05) is 53.6 Å². The quantitative estimate of drug-likeness (QED) is 0.453.